The zero-order valence-electron chi connectivity index (χ0n) is 12.0. The first-order valence-corrected chi connectivity index (χ1v) is 6.93. The average molecular weight is 281 g/mol. The number of carbonyl (C=O) groups excluding carboxylic acids is 1. The Morgan fingerprint density at radius 3 is 2.57 bits per heavy atom. The van der Waals surface area contributed by atoms with Crippen LogP contribution in [0.4, 0.5) is 10.1 Å². The number of allylic oxidation sites excluding steroid dienone is 1. The highest BCUT2D eigenvalue weighted by atomic mass is 19.1. The lowest BCUT2D eigenvalue weighted by Gasteiger charge is -2.24. The Morgan fingerprint density at radius 2 is 1.86 bits per heavy atom. The molecule has 0 bridgehead atoms. The Bertz CT molecular complexity index is 731. The van der Waals surface area contributed by atoms with Crippen LogP contribution >= 0.6 is 0 Å². The quantitative estimate of drug-likeness (QED) is 0.825. The lowest BCUT2D eigenvalue weighted by atomic mass is 9.85. The van der Waals surface area contributed by atoms with E-state index in [1.807, 2.05) is 26.0 Å². The van der Waals surface area contributed by atoms with Gasteiger partial charge in [0.05, 0.1) is 0 Å². The molecule has 2 nitrogen and oxygen atoms in total. The number of carbonyl (C=O) groups is 1. The van der Waals surface area contributed by atoms with Crippen molar-refractivity contribution in [3.63, 3.8) is 0 Å². The molecule has 1 heterocycles. The maximum Gasteiger partial charge on any atom is 0.191 e. The highest BCUT2D eigenvalue weighted by molar-refractivity contribution is 6.10. The average Bonchev–Trinajstić information content (AvgIpc) is 2.47. The Morgan fingerprint density at radius 1 is 1.14 bits per heavy atom. The number of halogens is 1. The van der Waals surface area contributed by atoms with Crippen molar-refractivity contribution in [1.29, 1.82) is 0 Å². The van der Waals surface area contributed by atoms with Crippen molar-refractivity contribution in [2.75, 3.05) is 5.32 Å². The van der Waals surface area contributed by atoms with E-state index in [1.54, 1.807) is 6.20 Å². The third-order valence-electron chi connectivity index (χ3n) is 3.89. The van der Waals surface area contributed by atoms with Crippen LogP contribution in [0.15, 0.2) is 54.2 Å². The van der Waals surface area contributed by atoms with E-state index in [2.05, 4.69) is 11.4 Å². The third kappa shape index (κ3) is 2.47. The minimum absolute atomic E-state index is 0.0133. The Hall–Kier alpha value is -2.42. The molecule has 0 radical (unpaired) electrons. The number of rotatable bonds is 2. The van der Waals surface area contributed by atoms with Gasteiger partial charge in [0.25, 0.3) is 0 Å². The molecule has 0 aliphatic carbocycles. The van der Waals surface area contributed by atoms with Crippen molar-refractivity contribution in [1.82, 2.24) is 0 Å². The van der Waals surface area contributed by atoms with Gasteiger partial charge >= 0.3 is 0 Å². The molecule has 0 amide bonds. The predicted octanol–water partition coefficient (Wildman–Crippen LogP) is 4.43. The molecule has 3 rings (SSSR count). The van der Waals surface area contributed by atoms with Crippen molar-refractivity contribution < 1.29 is 9.18 Å². The molecule has 1 aliphatic rings. The molecule has 0 saturated heterocycles. The largest absolute Gasteiger partial charge is 0.361 e. The number of hydrogen-bond donors (Lipinski definition) is 1. The van der Waals surface area contributed by atoms with E-state index in [0.717, 1.165) is 11.3 Å². The lowest BCUT2D eigenvalue weighted by molar-refractivity contribution is 0.102. The van der Waals surface area contributed by atoms with E-state index in [0.29, 0.717) is 11.1 Å². The summed E-state index contributed by atoms with van der Waals surface area (Å²) in [6.45, 7) is 4.05. The van der Waals surface area contributed by atoms with Crippen LogP contribution in [0.25, 0.3) is 0 Å². The Balaban J connectivity index is 1.94. The number of anilines is 1. The van der Waals surface area contributed by atoms with Gasteiger partial charge in [-0.05, 0) is 48.4 Å². The molecule has 1 N–H and O–H groups in total. The number of ketones is 1. The van der Waals surface area contributed by atoms with Crippen molar-refractivity contribution in [3.05, 3.63) is 76.7 Å². The van der Waals surface area contributed by atoms with Crippen molar-refractivity contribution >= 4 is 11.5 Å². The second kappa shape index (κ2) is 5.17. The van der Waals surface area contributed by atoms with Gasteiger partial charge in [0, 0.05) is 28.9 Å². The number of fused-ring (bicyclic) bond motifs is 1. The lowest BCUT2D eigenvalue weighted by Crippen LogP contribution is -2.17. The fraction of sp³-hybridized carbons (Fsp3) is 0.167. The van der Waals surface area contributed by atoms with Crippen molar-refractivity contribution in [2.24, 2.45) is 0 Å². The van der Waals surface area contributed by atoms with E-state index in [-0.39, 0.29) is 17.5 Å². The zero-order chi connectivity index (χ0) is 15.0. The highest BCUT2D eigenvalue weighted by Crippen LogP contribution is 2.36. The summed E-state index contributed by atoms with van der Waals surface area (Å²) in [6.07, 6.45) is 1.76. The highest BCUT2D eigenvalue weighted by Gasteiger charge is 2.25. The van der Waals surface area contributed by atoms with Gasteiger partial charge in [0.1, 0.15) is 5.82 Å². The minimum atomic E-state index is -0.337. The van der Waals surface area contributed by atoms with Crippen LogP contribution in [0.5, 0.6) is 0 Å². The van der Waals surface area contributed by atoms with E-state index >= 15 is 0 Å². The van der Waals surface area contributed by atoms with Crippen LogP contribution in [-0.4, -0.2) is 5.78 Å². The zero-order valence-corrected chi connectivity index (χ0v) is 12.0. The monoisotopic (exact) mass is 281 g/mol. The van der Waals surface area contributed by atoms with Gasteiger partial charge in [0.15, 0.2) is 5.78 Å². The molecule has 0 fully saturated rings. The summed E-state index contributed by atoms with van der Waals surface area (Å²) in [5, 5.41) is 3.19. The number of Topliss-reactive ketones (excluding diaryl/α,β-unsaturated/α-hetero) is 1. The molecule has 2 aromatic carbocycles. The molecule has 1 atom stereocenters. The Labute approximate surface area is 123 Å². The van der Waals surface area contributed by atoms with E-state index in [9.17, 15) is 9.18 Å². The van der Waals surface area contributed by atoms with Crippen LogP contribution in [-0.2, 0) is 0 Å². The third-order valence-corrected chi connectivity index (χ3v) is 3.89. The molecule has 106 valence electrons. The van der Waals surface area contributed by atoms with Crippen LogP contribution in [0.1, 0.15) is 34.3 Å². The second-order valence-corrected chi connectivity index (χ2v) is 5.39. The van der Waals surface area contributed by atoms with Gasteiger partial charge in [-0.3, -0.25) is 4.79 Å². The molecule has 0 spiro atoms. The minimum Gasteiger partial charge on any atom is -0.361 e. The molecular formula is C18H16FNO. The topological polar surface area (TPSA) is 29.1 Å². The standard InChI is InChI=1S/C18H16FNO/c1-11-3-8-15-12(2)16(10-20-17(15)9-11)18(21)13-4-6-14(19)7-5-13/h3-10,12,20H,1-2H3. The first kappa shape index (κ1) is 13.6. The van der Waals surface area contributed by atoms with Gasteiger partial charge in [-0.15, -0.1) is 0 Å². The number of benzene rings is 2. The van der Waals surface area contributed by atoms with Gasteiger partial charge in [-0.1, -0.05) is 19.1 Å². The molecule has 0 aromatic heterocycles. The molecule has 0 saturated carbocycles. The summed E-state index contributed by atoms with van der Waals surface area (Å²) in [5.41, 5.74) is 4.52. The summed E-state index contributed by atoms with van der Waals surface area (Å²) in [7, 11) is 0. The fourth-order valence-electron chi connectivity index (χ4n) is 2.65. The summed E-state index contributed by atoms with van der Waals surface area (Å²) >= 11 is 0. The summed E-state index contributed by atoms with van der Waals surface area (Å²) in [4.78, 5) is 12.6. The molecule has 2 aromatic rings. The molecular weight excluding hydrogens is 265 g/mol. The molecule has 3 heteroatoms. The first-order chi connectivity index (χ1) is 10.1. The number of aryl methyl sites for hydroxylation is 1. The van der Waals surface area contributed by atoms with Crippen molar-refractivity contribution in [2.45, 2.75) is 19.8 Å². The van der Waals surface area contributed by atoms with E-state index < -0.39 is 0 Å². The predicted molar refractivity (Wildman–Crippen MR) is 82.0 cm³/mol. The Kier molecular flexibility index (Phi) is 3.34. The number of nitrogens with one attached hydrogen (secondary N) is 1. The maximum atomic E-state index is 13.0. The van der Waals surface area contributed by atoms with Crippen LogP contribution < -0.4 is 5.32 Å². The molecule has 1 aliphatic heterocycles. The maximum absolute atomic E-state index is 13.0. The second-order valence-electron chi connectivity index (χ2n) is 5.39. The smallest absolute Gasteiger partial charge is 0.191 e. The first-order valence-electron chi connectivity index (χ1n) is 6.93. The van der Waals surface area contributed by atoms with Crippen LogP contribution in [0, 0.1) is 12.7 Å². The van der Waals surface area contributed by atoms with Crippen LogP contribution in [0.3, 0.4) is 0 Å². The molecule has 1 unspecified atom stereocenters. The van der Waals surface area contributed by atoms with Crippen LogP contribution in [0.2, 0.25) is 0 Å². The molecule has 21 heavy (non-hydrogen) atoms. The summed E-state index contributed by atoms with van der Waals surface area (Å²) in [6, 6.07) is 11.8. The number of hydrogen-bond acceptors (Lipinski definition) is 2. The van der Waals surface area contributed by atoms with Gasteiger partial charge < -0.3 is 5.32 Å². The van der Waals surface area contributed by atoms with Gasteiger partial charge in [0.2, 0.25) is 0 Å². The van der Waals surface area contributed by atoms with Crippen molar-refractivity contribution in [3.8, 4) is 0 Å². The normalized spacial score (nSPS) is 16.7. The van der Waals surface area contributed by atoms with Gasteiger partial charge in [-0.2, -0.15) is 0 Å². The van der Waals surface area contributed by atoms with E-state index in [4.69, 9.17) is 0 Å². The summed E-state index contributed by atoms with van der Waals surface area (Å²) in [5.74, 6) is -0.392. The van der Waals surface area contributed by atoms with Gasteiger partial charge in [-0.25, -0.2) is 4.39 Å². The summed E-state index contributed by atoms with van der Waals surface area (Å²) < 4.78 is 13.0. The SMILES string of the molecule is Cc1ccc2c(c1)NC=C(C(=O)c1ccc(F)cc1)C2C. The van der Waals surface area contributed by atoms with E-state index in [1.165, 1.54) is 29.8 Å². The fourth-order valence-corrected chi connectivity index (χ4v) is 2.65.